The van der Waals surface area contributed by atoms with E-state index < -0.39 is 6.09 Å². The molecule has 22 heavy (non-hydrogen) atoms. The molecule has 1 heterocycles. The fourth-order valence-electron chi connectivity index (χ4n) is 3.36. The highest BCUT2D eigenvalue weighted by atomic mass is 16.4. The Morgan fingerprint density at radius 1 is 1.18 bits per heavy atom. The molecule has 2 amide bonds. The lowest BCUT2D eigenvalue weighted by Crippen LogP contribution is -2.42. The van der Waals surface area contributed by atoms with Gasteiger partial charge in [0.25, 0.3) is 0 Å². The first kappa shape index (κ1) is 14.9. The number of nitrogens with one attached hydrogen (secondary N) is 1. The quantitative estimate of drug-likeness (QED) is 0.896. The number of amides is 2. The van der Waals surface area contributed by atoms with Crippen molar-refractivity contribution in [2.75, 3.05) is 19.6 Å². The number of nitrogens with zero attached hydrogens (tertiary/aromatic N) is 1. The molecule has 1 aliphatic carbocycles. The van der Waals surface area contributed by atoms with Crippen LogP contribution in [0.3, 0.4) is 0 Å². The van der Waals surface area contributed by atoms with Crippen LogP contribution in [0.15, 0.2) is 30.3 Å². The molecule has 3 rings (SSSR count). The van der Waals surface area contributed by atoms with Gasteiger partial charge in [-0.05, 0) is 36.7 Å². The lowest BCUT2D eigenvalue weighted by Gasteiger charge is -2.32. The second-order valence-electron chi connectivity index (χ2n) is 6.31. The van der Waals surface area contributed by atoms with Crippen molar-refractivity contribution in [3.05, 3.63) is 35.9 Å². The molecule has 0 aromatic heterocycles. The molecule has 1 saturated heterocycles. The van der Waals surface area contributed by atoms with Crippen LogP contribution in [0, 0.1) is 11.8 Å². The summed E-state index contributed by atoms with van der Waals surface area (Å²) in [4.78, 5) is 25.0. The molecule has 0 spiro atoms. The number of benzene rings is 1. The predicted octanol–water partition coefficient (Wildman–Crippen LogP) is 2.30. The van der Waals surface area contributed by atoms with Crippen molar-refractivity contribution in [1.82, 2.24) is 10.2 Å². The van der Waals surface area contributed by atoms with Crippen molar-refractivity contribution >= 4 is 12.0 Å². The molecule has 0 unspecified atom stereocenters. The average Bonchev–Trinajstić information content (AvgIpc) is 3.34. The summed E-state index contributed by atoms with van der Waals surface area (Å²) in [6, 6.07) is 10.2. The van der Waals surface area contributed by atoms with Crippen molar-refractivity contribution in [2.24, 2.45) is 11.8 Å². The number of carbonyl (C=O) groups excluding carboxylic acids is 1. The van der Waals surface area contributed by atoms with Crippen molar-refractivity contribution in [2.45, 2.75) is 25.2 Å². The SMILES string of the molecule is O=C(O)NCC1CCN(C(=O)[C@@H]2C[C@H]2c2ccccc2)CC1. The number of rotatable bonds is 4. The summed E-state index contributed by atoms with van der Waals surface area (Å²) in [6.07, 6.45) is 1.76. The first-order chi connectivity index (χ1) is 10.6. The Morgan fingerprint density at radius 3 is 2.50 bits per heavy atom. The highest BCUT2D eigenvalue weighted by molar-refractivity contribution is 5.83. The van der Waals surface area contributed by atoms with Crippen LogP contribution in [-0.2, 0) is 4.79 Å². The number of hydrogen-bond acceptors (Lipinski definition) is 2. The average molecular weight is 302 g/mol. The maximum Gasteiger partial charge on any atom is 0.404 e. The van der Waals surface area contributed by atoms with Crippen molar-refractivity contribution in [1.29, 1.82) is 0 Å². The van der Waals surface area contributed by atoms with Crippen LogP contribution in [-0.4, -0.2) is 41.6 Å². The Hall–Kier alpha value is -2.04. The summed E-state index contributed by atoms with van der Waals surface area (Å²) in [5, 5.41) is 11.1. The molecule has 1 aromatic carbocycles. The Morgan fingerprint density at radius 2 is 1.86 bits per heavy atom. The van der Waals surface area contributed by atoms with Crippen LogP contribution in [0.1, 0.15) is 30.7 Å². The molecule has 2 fully saturated rings. The third-order valence-electron chi connectivity index (χ3n) is 4.80. The molecule has 1 aromatic rings. The number of likely N-dealkylation sites (tertiary alicyclic amines) is 1. The van der Waals surface area contributed by atoms with Crippen LogP contribution in [0.5, 0.6) is 0 Å². The molecule has 0 radical (unpaired) electrons. The molecule has 5 nitrogen and oxygen atoms in total. The van der Waals surface area contributed by atoms with E-state index in [0.29, 0.717) is 18.4 Å². The minimum absolute atomic E-state index is 0.149. The number of piperidine rings is 1. The van der Waals surface area contributed by atoms with Crippen LogP contribution in [0.25, 0.3) is 0 Å². The van der Waals surface area contributed by atoms with E-state index in [4.69, 9.17) is 5.11 Å². The molecule has 1 saturated carbocycles. The zero-order valence-electron chi connectivity index (χ0n) is 12.6. The van der Waals surface area contributed by atoms with E-state index in [9.17, 15) is 9.59 Å². The van der Waals surface area contributed by atoms with Crippen LogP contribution < -0.4 is 5.32 Å². The van der Waals surface area contributed by atoms with E-state index in [2.05, 4.69) is 17.4 Å². The standard InChI is InChI=1S/C17H22N2O3/c20-16(15-10-14(15)13-4-2-1-3-5-13)19-8-6-12(7-9-19)11-18-17(21)22/h1-5,12,14-15,18H,6-11H2,(H,21,22)/t14-,15+/m0/s1. The summed E-state index contributed by atoms with van der Waals surface area (Å²) >= 11 is 0. The van der Waals surface area contributed by atoms with Gasteiger partial charge in [-0.2, -0.15) is 0 Å². The number of hydrogen-bond donors (Lipinski definition) is 2. The molecule has 2 aliphatic rings. The Kier molecular flexibility index (Phi) is 4.32. The van der Waals surface area contributed by atoms with Crippen molar-refractivity contribution < 1.29 is 14.7 Å². The third kappa shape index (κ3) is 3.40. The van der Waals surface area contributed by atoms with E-state index >= 15 is 0 Å². The van der Waals surface area contributed by atoms with Crippen molar-refractivity contribution in [3.8, 4) is 0 Å². The van der Waals surface area contributed by atoms with Crippen LogP contribution in [0.2, 0.25) is 0 Å². The van der Waals surface area contributed by atoms with Crippen LogP contribution >= 0.6 is 0 Å². The second-order valence-corrected chi connectivity index (χ2v) is 6.31. The Bertz CT molecular complexity index is 538. The fourth-order valence-corrected chi connectivity index (χ4v) is 3.36. The lowest BCUT2D eigenvalue weighted by atomic mass is 9.96. The summed E-state index contributed by atoms with van der Waals surface area (Å²) in [6.45, 7) is 2.00. The first-order valence-electron chi connectivity index (χ1n) is 7.95. The van der Waals surface area contributed by atoms with E-state index in [1.54, 1.807) is 0 Å². The van der Waals surface area contributed by atoms with Gasteiger partial charge in [0.05, 0.1) is 0 Å². The topological polar surface area (TPSA) is 69.6 Å². The molecule has 0 bridgehead atoms. The van der Waals surface area contributed by atoms with E-state index in [1.807, 2.05) is 23.1 Å². The van der Waals surface area contributed by atoms with Gasteiger partial charge >= 0.3 is 6.09 Å². The Labute approximate surface area is 130 Å². The maximum atomic E-state index is 12.5. The number of carbonyl (C=O) groups is 2. The minimum atomic E-state index is -0.970. The van der Waals surface area contributed by atoms with Gasteiger partial charge in [0, 0.05) is 25.6 Å². The zero-order chi connectivity index (χ0) is 15.5. The minimum Gasteiger partial charge on any atom is -0.465 e. The summed E-state index contributed by atoms with van der Waals surface area (Å²) in [7, 11) is 0. The highest BCUT2D eigenvalue weighted by Gasteiger charge is 2.45. The molecule has 2 N–H and O–H groups in total. The normalized spacial score (nSPS) is 24.8. The number of carboxylic acid groups (broad SMARTS) is 1. The molecule has 5 heteroatoms. The second kappa shape index (κ2) is 6.38. The van der Waals surface area contributed by atoms with Gasteiger partial charge in [-0.3, -0.25) is 4.79 Å². The summed E-state index contributed by atoms with van der Waals surface area (Å²) in [5.74, 6) is 1.17. The summed E-state index contributed by atoms with van der Waals surface area (Å²) < 4.78 is 0. The van der Waals surface area contributed by atoms with Gasteiger partial charge in [0.15, 0.2) is 0 Å². The van der Waals surface area contributed by atoms with E-state index in [1.165, 1.54) is 5.56 Å². The monoisotopic (exact) mass is 302 g/mol. The largest absolute Gasteiger partial charge is 0.465 e. The molecular formula is C17H22N2O3. The van der Waals surface area contributed by atoms with Gasteiger partial charge in [-0.15, -0.1) is 0 Å². The van der Waals surface area contributed by atoms with Crippen molar-refractivity contribution in [3.63, 3.8) is 0 Å². The zero-order valence-corrected chi connectivity index (χ0v) is 12.6. The molecule has 1 aliphatic heterocycles. The van der Waals surface area contributed by atoms with Gasteiger partial charge in [-0.25, -0.2) is 4.79 Å². The van der Waals surface area contributed by atoms with E-state index in [0.717, 1.165) is 32.4 Å². The Balaban J connectivity index is 1.46. The van der Waals surface area contributed by atoms with Gasteiger partial charge in [-0.1, -0.05) is 30.3 Å². The lowest BCUT2D eigenvalue weighted by molar-refractivity contribution is -0.134. The first-order valence-corrected chi connectivity index (χ1v) is 7.95. The van der Waals surface area contributed by atoms with Gasteiger partial charge < -0.3 is 15.3 Å². The fraction of sp³-hybridized carbons (Fsp3) is 0.529. The van der Waals surface area contributed by atoms with Gasteiger partial charge in [0.2, 0.25) is 5.91 Å². The molecule has 2 atom stereocenters. The predicted molar refractivity (Wildman–Crippen MR) is 82.6 cm³/mol. The maximum absolute atomic E-state index is 12.5. The van der Waals surface area contributed by atoms with Crippen LogP contribution in [0.4, 0.5) is 4.79 Å². The third-order valence-corrected chi connectivity index (χ3v) is 4.80. The van der Waals surface area contributed by atoms with Gasteiger partial charge in [0.1, 0.15) is 0 Å². The molecular weight excluding hydrogens is 280 g/mol. The molecule has 118 valence electrons. The highest BCUT2D eigenvalue weighted by Crippen LogP contribution is 2.48. The smallest absolute Gasteiger partial charge is 0.404 e. The van der Waals surface area contributed by atoms with E-state index in [-0.39, 0.29) is 11.8 Å². The summed E-state index contributed by atoms with van der Waals surface area (Å²) in [5.41, 5.74) is 1.27.